The highest BCUT2D eigenvalue weighted by atomic mass is 35.5. The molecule has 0 atom stereocenters. The van der Waals surface area contributed by atoms with Gasteiger partial charge >= 0.3 is 0 Å². The van der Waals surface area contributed by atoms with Gasteiger partial charge in [-0.2, -0.15) is 0 Å². The minimum atomic E-state index is -0.519. The van der Waals surface area contributed by atoms with Crippen LogP contribution in [0.5, 0.6) is 0 Å². The molecule has 4 heteroatoms. The molecule has 1 heterocycles. The molecular formula is C6H8Cl2N2. The average Bonchev–Trinajstić information content (AvgIpc) is 2.33. The van der Waals surface area contributed by atoms with E-state index in [1.807, 2.05) is 17.7 Å². The maximum Gasteiger partial charge on any atom is 0.165 e. The number of nitrogens with zero attached hydrogens (tertiary/aromatic N) is 2. The molecule has 1 rings (SSSR count). The summed E-state index contributed by atoms with van der Waals surface area (Å²) in [6.07, 6.45) is 3.55. The van der Waals surface area contributed by atoms with Crippen LogP contribution >= 0.6 is 23.2 Å². The van der Waals surface area contributed by atoms with E-state index in [1.54, 1.807) is 6.20 Å². The van der Waals surface area contributed by atoms with Crippen LogP contribution in [0.3, 0.4) is 0 Å². The molecule has 0 spiro atoms. The van der Waals surface area contributed by atoms with Gasteiger partial charge in [0.25, 0.3) is 0 Å². The van der Waals surface area contributed by atoms with E-state index < -0.39 is 4.84 Å². The lowest BCUT2D eigenvalue weighted by molar-refractivity contribution is 0.720. The zero-order valence-electron chi connectivity index (χ0n) is 5.59. The van der Waals surface area contributed by atoms with Gasteiger partial charge in [-0.05, 0) is 6.92 Å². The number of aromatic nitrogens is 2. The largest absolute Gasteiger partial charge is 0.333 e. The summed E-state index contributed by atoms with van der Waals surface area (Å²) in [4.78, 5) is 3.47. The maximum atomic E-state index is 5.61. The fourth-order valence-electron chi connectivity index (χ4n) is 0.790. The molecule has 0 saturated heterocycles. The SMILES string of the molecule is CCn1ccnc1C(Cl)Cl. The number of rotatable bonds is 2. The lowest BCUT2D eigenvalue weighted by Crippen LogP contribution is -1.99. The first-order valence-electron chi connectivity index (χ1n) is 3.05. The second-order valence-electron chi connectivity index (χ2n) is 1.87. The minimum absolute atomic E-state index is 0.519. The van der Waals surface area contributed by atoms with Crippen molar-refractivity contribution in [2.24, 2.45) is 0 Å². The van der Waals surface area contributed by atoms with Gasteiger partial charge < -0.3 is 4.57 Å². The van der Waals surface area contributed by atoms with Gasteiger partial charge in [-0.15, -0.1) is 0 Å². The van der Waals surface area contributed by atoms with Gasteiger partial charge in [-0.3, -0.25) is 0 Å². The maximum absolute atomic E-state index is 5.61. The van der Waals surface area contributed by atoms with Gasteiger partial charge in [-0.1, -0.05) is 23.2 Å². The van der Waals surface area contributed by atoms with Crippen molar-refractivity contribution < 1.29 is 0 Å². The van der Waals surface area contributed by atoms with Crippen LogP contribution in [0.25, 0.3) is 0 Å². The fraction of sp³-hybridized carbons (Fsp3) is 0.500. The second kappa shape index (κ2) is 3.26. The molecular weight excluding hydrogens is 171 g/mol. The standard InChI is InChI=1S/C6H8Cl2N2/c1-2-10-4-3-9-6(10)5(7)8/h3-5H,2H2,1H3. The molecule has 0 fully saturated rings. The molecule has 2 nitrogen and oxygen atoms in total. The van der Waals surface area contributed by atoms with Crippen LogP contribution in [-0.4, -0.2) is 9.55 Å². The molecule has 0 N–H and O–H groups in total. The molecule has 0 amide bonds. The second-order valence-corrected chi connectivity index (χ2v) is 2.97. The van der Waals surface area contributed by atoms with E-state index in [-0.39, 0.29) is 0 Å². The smallest absolute Gasteiger partial charge is 0.165 e. The molecule has 0 aliphatic heterocycles. The molecule has 0 aliphatic rings. The van der Waals surface area contributed by atoms with Gasteiger partial charge in [-0.25, -0.2) is 4.98 Å². The number of aryl methyl sites for hydroxylation is 1. The van der Waals surface area contributed by atoms with Gasteiger partial charge in [0.05, 0.1) is 0 Å². The first-order valence-corrected chi connectivity index (χ1v) is 3.92. The minimum Gasteiger partial charge on any atom is -0.333 e. The quantitative estimate of drug-likeness (QED) is 0.637. The summed E-state index contributed by atoms with van der Waals surface area (Å²) in [6, 6.07) is 0. The lowest BCUT2D eigenvalue weighted by Gasteiger charge is -2.02. The third-order valence-electron chi connectivity index (χ3n) is 1.28. The Balaban J connectivity index is 2.90. The Hall–Kier alpha value is -0.210. The van der Waals surface area contributed by atoms with Crippen LogP contribution in [0.4, 0.5) is 0 Å². The van der Waals surface area contributed by atoms with E-state index >= 15 is 0 Å². The van der Waals surface area contributed by atoms with Crippen LogP contribution in [0.2, 0.25) is 0 Å². The van der Waals surface area contributed by atoms with Crippen molar-refractivity contribution in [2.45, 2.75) is 18.3 Å². The van der Waals surface area contributed by atoms with Crippen LogP contribution in [0, 0.1) is 0 Å². The van der Waals surface area contributed by atoms with Crippen molar-refractivity contribution in [3.05, 3.63) is 18.2 Å². The molecule has 1 aromatic rings. The molecule has 56 valence electrons. The summed E-state index contributed by atoms with van der Waals surface area (Å²) in [7, 11) is 0. The predicted molar refractivity (Wildman–Crippen MR) is 42.3 cm³/mol. The monoisotopic (exact) mass is 178 g/mol. The van der Waals surface area contributed by atoms with E-state index in [2.05, 4.69) is 4.98 Å². The third kappa shape index (κ3) is 1.44. The molecule has 0 saturated carbocycles. The molecule has 0 unspecified atom stereocenters. The molecule has 10 heavy (non-hydrogen) atoms. The van der Waals surface area contributed by atoms with E-state index in [1.165, 1.54) is 0 Å². The molecule has 0 aromatic carbocycles. The van der Waals surface area contributed by atoms with Crippen LogP contribution in [0.15, 0.2) is 12.4 Å². The number of alkyl halides is 2. The first-order chi connectivity index (χ1) is 4.75. The zero-order valence-corrected chi connectivity index (χ0v) is 7.10. The normalized spacial score (nSPS) is 10.8. The Kier molecular flexibility index (Phi) is 2.57. The Morgan fingerprint density at radius 3 is 2.80 bits per heavy atom. The molecule has 1 aromatic heterocycles. The number of hydrogen-bond donors (Lipinski definition) is 0. The van der Waals surface area contributed by atoms with E-state index in [9.17, 15) is 0 Å². The van der Waals surface area contributed by atoms with Crippen molar-refractivity contribution in [2.75, 3.05) is 0 Å². The highest BCUT2D eigenvalue weighted by Crippen LogP contribution is 2.22. The Morgan fingerprint density at radius 2 is 2.40 bits per heavy atom. The zero-order chi connectivity index (χ0) is 7.56. The van der Waals surface area contributed by atoms with Crippen molar-refractivity contribution in [1.82, 2.24) is 9.55 Å². The van der Waals surface area contributed by atoms with Crippen LogP contribution in [-0.2, 0) is 6.54 Å². The molecule has 0 aliphatic carbocycles. The van der Waals surface area contributed by atoms with Gasteiger partial charge in [0.15, 0.2) is 4.84 Å². The summed E-state index contributed by atoms with van der Waals surface area (Å²) in [5, 5.41) is 0. The van der Waals surface area contributed by atoms with Crippen LogP contribution in [0.1, 0.15) is 17.6 Å². The average molecular weight is 179 g/mol. The third-order valence-corrected chi connectivity index (χ3v) is 1.67. The van der Waals surface area contributed by atoms with Gasteiger partial charge in [0, 0.05) is 18.9 Å². The Bertz CT molecular complexity index is 207. The van der Waals surface area contributed by atoms with Crippen molar-refractivity contribution in [1.29, 1.82) is 0 Å². The number of hydrogen-bond acceptors (Lipinski definition) is 1. The fourth-order valence-corrected chi connectivity index (χ4v) is 1.15. The van der Waals surface area contributed by atoms with E-state index in [0.29, 0.717) is 5.82 Å². The summed E-state index contributed by atoms with van der Waals surface area (Å²) in [5.74, 6) is 0.714. The van der Waals surface area contributed by atoms with Gasteiger partial charge in [0.2, 0.25) is 0 Å². The Morgan fingerprint density at radius 1 is 1.70 bits per heavy atom. The summed E-state index contributed by atoms with van der Waals surface area (Å²) >= 11 is 11.2. The Labute approximate surface area is 69.8 Å². The van der Waals surface area contributed by atoms with Crippen LogP contribution < -0.4 is 0 Å². The van der Waals surface area contributed by atoms with E-state index in [0.717, 1.165) is 6.54 Å². The number of imidazole rings is 1. The summed E-state index contributed by atoms with van der Waals surface area (Å²) in [6.45, 7) is 2.87. The molecule has 0 bridgehead atoms. The molecule has 0 radical (unpaired) electrons. The number of halogens is 2. The van der Waals surface area contributed by atoms with E-state index in [4.69, 9.17) is 23.2 Å². The summed E-state index contributed by atoms with van der Waals surface area (Å²) in [5.41, 5.74) is 0. The van der Waals surface area contributed by atoms with Crippen molar-refractivity contribution in [3.8, 4) is 0 Å². The van der Waals surface area contributed by atoms with Crippen molar-refractivity contribution in [3.63, 3.8) is 0 Å². The highest BCUT2D eigenvalue weighted by molar-refractivity contribution is 6.43. The lowest BCUT2D eigenvalue weighted by atomic mass is 10.6. The summed E-state index contributed by atoms with van der Waals surface area (Å²) < 4.78 is 1.91. The highest BCUT2D eigenvalue weighted by Gasteiger charge is 2.08. The van der Waals surface area contributed by atoms with Gasteiger partial charge in [0.1, 0.15) is 5.82 Å². The topological polar surface area (TPSA) is 17.8 Å². The predicted octanol–water partition coefficient (Wildman–Crippen LogP) is 2.38. The van der Waals surface area contributed by atoms with Crippen molar-refractivity contribution >= 4 is 23.2 Å². The first kappa shape index (κ1) is 7.89.